The first kappa shape index (κ1) is 29.0. The van der Waals surface area contributed by atoms with Crippen molar-refractivity contribution >= 4 is 32.6 Å². The van der Waals surface area contributed by atoms with Gasteiger partial charge in [-0.1, -0.05) is 95.5 Å². The van der Waals surface area contributed by atoms with Crippen molar-refractivity contribution in [3.05, 3.63) is 129 Å². The van der Waals surface area contributed by atoms with Crippen LogP contribution in [0.25, 0.3) is 32.7 Å². The fraction of sp³-hybridized carbons (Fsp3) is 0.143. The van der Waals surface area contributed by atoms with Gasteiger partial charge in [-0.05, 0) is 52.9 Å². The second-order valence-electron chi connectivity index (χ2n) is 11.0. The van der Waals surface area contributed by atoms with Crippen molar-refractivity contribution in [3.63, 3.8) is 0 Å². The molecule has 0 aliphatic rings. The minimum Gasteiger partial charge on any atom is -0.496 e. The van der Waals surface area contributed by atoms with Gasteiger partial charge in [0.15, 0.2) is 11.6 Å². The van der Waals surface area contributed by atoms with Crippen LogP contribution in [0.15, 0.2) is 97.1 Å². The van der Waals surface area contributed by atoms with Crippen molar-refractivity contribution in [2.24, 2.45) is 0 Å². The fourth-order valence-corrected chi connectivity index (χ4v) is 7.38. The predicted octanol–water partition coefficient (Wildman–Crippen LogP) is 6.81. The molecule has 0 saturated carbocycles. The lowest BCUT2D eigenvalue weighted by Gasteiger charge is -2.11. The zero-order valence-electron chi connectivity index (χ0n) is 25.6. The summed E-state index contributed by atoms with van der Waals surface area (Å²) in [5.41, 5.74) is 6.22. The Labute approximate surface area is 277 Å². The molecule has 8 rings (SSSR count). The molecule has 0 unspecified atom stereocenters. The van der Waals surface area contributed by atoms with Gasteiger partial charge < -0.3 is 9.47 Å². The summed E-state index contributed by atoms with van der Waals surface area (Å²) in [6, 6.07) is 32.9. The average molecular weight is 657 g/mol. The number of methoxy groups -OCH3 is 2. The van der Waals surface area contributed by atoms with Crippen LogP contribution in [0.5, 0.6) is 11.5 Å². The molecule has 0 bridgehead atoms. The van der Waals surface area contributed by atoms with Crippen LogP contribution in [-0.2, 0) is 19.3 Å². The van der Waals surface area contributed by atoms with E-state index in [4.69, 9.17) is 19.7 Å². The van der Waals surface area contributed by atoms with Crippen LogP contribution in [0.2, 0.25) is 0 Å². The van der Waals surface area contributed by atoms with E-state index in [9.17, 15) is 0 Å². The first-order chi connectivity index (χ1) is 23.1. The first-order valence-electron chi connectivity index (χ1n) is 15.0. The van der Waals surface area contributed by atoms with Crippen LogP contribution in [0.4, 0.5) is 0 Å². The molecule has 0 radical (unpaired) electrons. The summed E-state index contributed by atoms with van der Waals surface area (Å²) >= 11 is 3.08. The molecule has 0 atom stereocenters. The van der Waals surface area contributed by atoms with Crippen molar-refractivity contribution < 1.29 is 9.47 Å². The molecule has 0 N–H and O–H groups in total. The Kier molecular flexibility index (Phi) is 7.63. The minimum atomic E-state index is 0.644. The first-order valence-corrected chi connectivity index (χ1v) is 16.6. The van der Waals surface area contributed by atoms with Crippen LogP contribution in [0, 0.1) is 0 Å². The van der Waals surface area contributed by atoms with Gasteiger partial charge in [0.05, 0.1) is 25.3 Å². The predicted molar refractivity (Wildman–Crippen MR) is 183 cm³/mol. The standard InChI is InChI=1S/C35H28N8O2S2/c1-44-28-15-13-24(18-26(28)32-36-38-34-42(32)40-30(46-34)20-22-9-5-3-6-10-22)17-25-14-16-29(45-2)27(19-25)33-37-39-35-43(33)41-31(47-35)21-23-11-7-4-8-12-23/h3-16,18-19H,17,20-21H2,1-2H3. The van der Waals surface area contributed by atoms with E-state index in [1.807, 2.05) is 57.6 Å². The lowest BCUT2D eigenvalue weighted by molar-refractivity contribution is 0.416. The highest BCUT2D eigenvalue weighted by Gasteiger charge is 2.20. The number of rotatable bonds is 10. The van der Waals surface area contributed by atoms with Gasteiger partial charge in [0.2, 0.25) is 9.92 Å². The Morgan fingerprint density at radius 3 is 1.38 bits per heavy atom. The summed E-state index contributed by atoms with van der Waals surface area (Å²) in [6.45, 7) is 0. The normalized spacial score (nSPS) is 11.4. The van der Waals surface area contributed by atoms with E-state index in [0.29, 0.717) is 29.6 Å². The Bertz CT molecular complexity index is 2160. The van der Waals surface area contributed by atoms with E-state index in [-0.39, 0.29) is 0 Å². The van der Waals surface area contributed by atoms with E-state index in [2.05, 4.69) is 68.9 Å². The number of hydrogen-bond donors (Lipinski definition) is 0. The average Bonchev–Trinajstić information content (AvgIpc) is 3.87. The SMILES string of the molecule is COc1ccc(Cc2ccc(OC)c(-c3nnc4sc(Cc5ccccc5)nn34)c2)cc1-c1nnc2sc(Cc3ccccc3)nn12. The Morgan fingerprint density at radius 1 is 0.511 bits per heavy atom. The second-order valence-corrected chi connectivity index (χ2v) is 13.1. The van der Waals surface area contributed by atoms with Crippen molar-refractivity contribution in [3.8, 4) is 34.3 Å². The largest absolute Gasteiger partial charge is 0.496 e. The molecule has 4 aromatic heterocycles. The van der Waals surface area contributed by atoms with Gasteiger partial charge in [0.25, 0.3) is 0 Å². The smallest absolute Gasteiger partial charge is 0.234 e. The molecule has 0 fully saturated rings. The third kappa shape index (κ3) is 5.73. The van der Waals surface area contributed by atoms with E-state index in [1.54, 1.807) is 36.9 Å². The number of aromatic nitrogens is 8. The topological polar surface area (TPSA) is 105 Å². The highest BCUT2D eigenvalue weighted by atomic mass is 32.1. The molecule has 0 amide bonds. The molecule has 0 spiro atoms. The maximum atomic E-state index is 5.76. The Morgan fingerprint density at radius 2 is 0.957 bits per heavy atom. The van der Waals surface area contributed by atoms with Crippen LogP contribution < -0.4 is 9.47 Å². The molecule has 8 aromatic rings. The summed E-state index contributed by atoms with van der Waals surface area (Å²) < 4.78 is 15.1. The maximum absolute atomic E-state index is 5.76. The van der Waals surface area contributed by atoms with Gasteiger partial charge in [-0.3, -0.25) is 0 Å². The Balaban J connectivity index is 1.10. The molecule has 0 aliphatic heterocycles. The Hall–Kier alpha value is -5.46. The molecule has 47 heavy (non-hydrogen) atoms. The van der Waals surface area contributed by atoms with Gasteiger partial charge in [-0.25, -0.2) is 0 Å². The van der Waals surface area contributed by atoms with Gasteiger partial charge in [-0.15, -0.1) is 20.4 Å². The number of hydrogen-bond acceptors (Lipinski definition) is 10. The minimum absolute atomic E-state index is 0.644. The highest BCUT2D eigenvalue weighted by molar-refractivity contribution is 7.17. The van der Waals surface area contributed by atoms with Crippen LogP contribution >= 0.6 is 22.7 Å². The quantitative estimate of drug-likeness (QED) is 0.158. The molecular weight excluding hydrogens is 629 g/mol. The molecular formula is C35H28N8O2S2. The maximum Gasteiger partial charge on any atom is 0.234 e. The number of fused-ring (bicyclic) bond motifs is 2. The number of benzene rings is 4. The van der Waals surface area contributed by atoms with Crippen LogP contribution in [0.3, 0.4) is 0 Å². The molecule has 4 aromatic carbocycles. The summed E-state index contributed by atoms with van der Waals surface area (Å²) in [4.78, 5) is 1.48. The van der Waals surface area contributed by atoms with Crippen LogP contribution in [0.1, 0.15) is 32.3 Å². The monoisotopic (exact) mass is 656 g/mol. The van der Waals surface area contributed by atoms with Gasteiger partial charge in [-0.2, -0.15) is 19.2 Å². The second kappa shape index (κ2) is 12.4. The van der Waals surface area contributed by atoms with Crippen molar-refractivity contribution in [2.45, 2.75) is 19.3 Å². The molecule has 0 aliphatic carbocycles. The fourth-order valence-electron chi connectivity index (χ4n) is 5.65. The third-order valence-electron chi connectivity index (χ3n) is 7.88. The zero-order chi connectivity index (χ0) is 31.7. The van der Waals surface area contributed by atoms with Crippen LogP contribution in [-0.4, -0.2) is 53.8 Å². The number of ether oxygens (including phenoxy) is 2. The molecule has 0 saturated heterocycles. The zero-order valence-corrected chi connectivity index (χ0v) is 27.2. The molecule has 12 heteroatoms. The van der Waals surface area contributed by atoms with E-state index in [0.717, 1.165) is 55.0 Å². The lowest BCUT2D eigenvalue weighted by Crippen LogP contribution is -1.99. The van der Waals surface area contributed by atoms with Crippen molar-refractivity contribution in [1.82, 2.24) is 39.6 Å². The summed E-state index contributed by atoms with van der Waals surface area (Å²) in [6.07, 6.45) is 2.13. The van der Waals surface area contributed by atoms with E-state index < -0.39 is 0 Å². The molecule has 4 heterocycles. The number of nitrogens with zero attached hydrogens (tertiary/aromatic N) is 8. The van der Waals surface area contributed by atoms with Gasteiger partial charge in [0, 0.05) is 12.8 Å². The van der Waals surface area contributed by atoms with Crippen molar-refractivity contribution in [1.29, 1.82) is 0 Å². The van der Waals surface area contributed by atoms with Gasteiger partial charge >= 0.3 is 0 Å². The summed E-state index contributed by atoms with van der Waals surface area (Å²) in [5.74, 6) is 2.70. The van der Waals surface area contributed by atoms with Crippen molar-refractivity contribution in [2.75, 3.05) is 14.2 Å². The van der Waals surface area contributed by atoms with E-state index in [1.165, 1.54) is 11.1 Å². The lowest BCUT2D eigenvalue weighted by atomic mass is 9.99. The molecule has 232 valence electrons. The molecule has 10 nitrogen and oxygen atoms in total. The highest BCUT2D eigenvalue weighted by Crippen LogP contribution is 2.34. The summed E-state index contributed by atoms with van der Waals surface area (Å²) in [5, 5.41) is 29.5. The third-order valence-corrected chi connectivity index (χ3v) is 9.68. The van der Waals surface area contributed by atoms with E-state index >= 15 is 0 Å². The van der Waals surface area contributed by atoms with Gasteiger partial charge in [0.1, 0.15) is 21.5 Å². The summed E-state index contributed by atoms with van der Waals surface area (Å²) in [7, 11) is 3.33.